The number of hydrogen-bond donors (Lipinski definition) is 0. The number of aryl methyl sites for hydroxylation is 2. The van der Waals surface area contributed by atoms with E-state index in [0.29, 0.717) is 17.5 Å². The van der Waals surface area contributed by atoms with Crippen LogP contribution in [0.15, 0.2) is 65.2 Å². The van der Waals surface area contributed by atoms with Gasteiger partial charge in [-0.25, -0.2) is 4.57 Å². The highest BCUT2D eigenvalue weighted by molar-refractivity contribution is 5.94. The lowest BCUT2D eigenvalue weighted by Crippen LogP contribution is -2.30. The number of oxazole rings is 1. The Morgan fingerprint density at radius 2 is 1.57 bits per heavy atom. The average Bonchev–Trinajstić information content (AvgIpc) is 3.51. The second-order valence-electron chi connectivity index (χ2n) is 9.99. The Morgan fingerprint density at radius 1 is 0.857 bits per heavy atom. The first-order chi connectivity index (χ1) is 16.9. The molecule has 0 bridgehead atoms. The number of aromatic nitrogens is 5. The van der Waals surface area contributed by atoms with Crippen molar-refractivity contribution in [3.63, 3.8) is 0 Å². The Hall–Kier alpha value is -3.93. The van der Waals surface area contributed by atoms with Gasteiger partial charge in [-0.1, -0.05) is 69.3 Å². The van der Waals surface area contributed by atoms with Gasteiger partial charge in [0, 0.05) is 11.1 Å². The van der Waals surface area contributed by atoms with E-state index in [1.54, 1.807) is 10.7 Å². The summed E-state index contributed by atoms with van der Waals surface area (Å²) in [6.07, 6.45) is 1.67. The third kappa shape index (κ3) is 3.05. The van der Waals surface area contributed by atoms with Crippen LogP contribution in [-0.2, 0) is 7.05 Å². The van der Waals surface area contributed by atoms with Crippen LogP contribution in [0.5, 0.6) is 0 Å². The Bertz CT molecular complexity index is 1700. The maximum absolute atomic E-state index is 6.37. The van der Waals surface area contributed by atoms with Gasteiger partial charge >= 0.3 is 0 Å². The van der Waals surface area contributed by atoms with E-state index in [-0.39, 0.29) is 0 Å². The minimum absolute atomic E-state index is 0.373. The molecule has 0 N–H and O–H groups in total. The molecule has 0 amide bonds. The van der Waals surface area contributed by atoms with Crippen LogP contribution in [-0.4, -0.2) is 19.4 Å². The fourth-order valence-corrected chi connectivity index (χ4v) is 5.38. The molecule has 3 aromatic carbocycles. The van der Waals surface area contributed by atoms with Gasteiger partial charge in [0.05, 0.1) is 7.05 Å². The summed E-state index contributed by atoms with van der Waals surface area (Å²) >= 11 is 0. The Kier molecular flexibility index (Phi) is 4.81. The predicted octanol–water partition coefficient (Wildman–Crippen LogP) is 6.47. The van der Waals surface area contributed by atoms with Crippen molar-refractivity contribution in [3.8, 4) is 17.1 Å². The number of benzene rings is 3. The first kappa shape index (κ1) is 21.6. The van der Waals surface area contributed by atoms with E-state index in [0.717, 1.165) is 28.1 Å². The molecule has 0 fully saturated rings. The van der Waals surface area contributed by atoms with Gasteiger partial charge in [-0.15, -0.1) is 5.10 Å². The highest BCUT2D eigenvalue weighted by Gasteiger charge is 2.33. The summed E-state index contributed by atoms with van der Waals surface area (Å²) in [5, 5.41) is 8.28. The smallest absolute Gasteiger partial charge is 0.299 e. The van der Waals surface area contributed by atoms with Gasteiger partial charge < -0.3 is 4.42 Å². The first-order valence-corrected chi connectivity index (χ1v) is 12.2. The zero-order valence-electron chi connectivity index (χ0n) is 21.1. The standard InChI is InChI=1S/C29H30N5O/c1-17(2)20-10-9-11-21(18(3)4)27(20)33-23-13-8-7-12-22(23)32(6)29(33)26-19(5)14-15-24-28(26)35-25-16-30-31-34(24)25/h7-18H,1-6H3/q+1. The minimum Gasteiger partial charge on any atom is -0.434 e. The Labute approximate surface area is 204 Å². The number of hydrogen-bond acceptors (Lipinski definition) is 3. The molecule has 176 valence electrons. The molecule has 0 unspecified atom stereocenters. The molecule has 6 heteroatoms. The number of fused-ring (bicyclic) bond motifs is 4. The fourth-order valence-electron chi connectivity index (χ4n) is 5.38. The van der Waals surface area contributed by atoms with Crippen molar-refractivity contribution in [2.24, 2.45) is 7.05 Å². The van der Waals surface area contributed by atoms with Crippen molar-refractivity contribution in [2.75, 3.05) is 0 Å². The zero-order valence-corrected chi connectivity index (χ0v) is 21.1. The van der Waals surface area contributed by atoms with Crippen LogP contribution in [0.3, 0.4) is 0 Å². The highest BCUT2D eigenvalue weighted by atomic mass is 16.3. The molecule has 0 aliphatic rings. The van der Waals surface area contributed by atoms with Crippen molar-refractivity contribution in [1.29, 1.82) is 0 Å². The number of para-hydroxylation sites is 3. The summed E-state index contributed by atoms with van der Waals surface area (Å²) in [5.41, 5.74) is 10.9. The van der Waals surface area contributed by atoms with Gasteiger partial charge in [0.2, 0.25) is 5.71 Å². The van der Waals surface area contributed by atoms with E-state index in [1.165, 1.54) is 27.8 Å². The molecule has 3 aromatic heterocycles. The van der Waals surface area contributed by atoms with Crippen molar-refractivity contribution in [2.45, 2.75) is 46.5 Å². The average molecular weight is 465 g/mol. The molecule has 6 aromatic rings. The molecular weight excluding hydrogens is 434 g/mol. The quantitative estimate of drug-likeness (QED) is 0.281. The monoisotopic (exact) mass is 464 g/mol. The number of imidazole rings is 1. The molecule has 35 heavy (non-hydrogen) atoms. The molecule has 0 saturated carbocycles. The third-order valence-corrected chi connectivity index (χ3v) is 7.10. The molecule has 0 saturated heterocycles. The molecule has 0 aliphatic heterocycles. The van der Waals surface area contributed by atoms with Crippen molar-refractivity contribution in [1.82, 2.24) is 19.4 Å². The summed E-state index contributed by atoms with van der Waals surface area (Å²) in [5.74, 6) is 1.84. The molecule has 0 spiro atoms. The molecule has 3 heterocycles. The first-order valence-electron chi connectivity index (χ1n) is 12.2. The molecule has 0 atom stereocenters. The second-order valence-corrected chi connectivity index (χ2v) is 9.99. The Morgan fingerprint density at radius 3 is 2.29 bits per heavy atom. The summed E-state index contributed by atoms with van der Waals surface area (Å²) in [6, 6.07) is 19.6. The van der Waals surface area contributed by atoms with E-state index in [9.17, 15) is 0 Å². The number of rotatable bonds is 4. The zero-order chi connectivity index (χ0) is 24.4. The van der Waals surface area contributed by atoms with Crippen LogP contribution in [0.4, 0.5) is 0 Å². The lowest BCUT2D eigenvalue weighted by Gasteiger charge is -2.18. The molecule has 6 rings (SSSR count). The van der Waals surface area contributed by atoms with Crippen molar-refractivity contribution >= 4 is 27.8 Å². The predicted molar refractivity (Wildman–Crippen MR) is 139 cm³/mol. The molecular formula is C29H30N5O+. The van der Waals surface area contributed by atoms with Crippen LogP contribution in [0.2, 0.25) is 0 Å². The Balaban J connectivity index is 1.84. The topological polar surface area (TPSA) is 52.1 Å². The summed E-state index contributed by atoms with van der Waals surface area (Å²) in [4.78, 5) is 0. The molecule has 0 radical (unpaired) electrons. The highest BCUT2D eigenvalue weighted by Crippen LogP contribution is 2.39. The SMILES string of the molecule is Cc1ccc2c(oc3cnnn32)c1-c1n(-c2c(C(C)C)cccc2C(C)C)c2ccccc2[n+]1C. The van der Waals surface area contributed by atoms with Gasteiger partial charge in [0.25, 0.3) is 5.82 Å². The minimum atomic E-state index is 0.373. The van der Waals surface area contributed by atoms with Gasteiger partial charge in [0.15, 0.2) is 16.6 Å². The van der Waals surface area contributed by atoms with Crippen LogP contribution in [0.25, 0.3) is 44.9 Å². The van der Waals surface area contributed by atoms with E-state index < -0.39 is 0 Å². The normalized spacial score (nSPS) is 12.2. The molecule has 6 nitrogen and oxygen atoms in total. The summed E-state index contributed by atoms with van der Waals surface area (Å²) in [6.45, 7) is 11.2. The fraction of sp³-hybridized carbons (Fsp3) is 0.276. The maximum Gasteiger partial charge on any atom is 0.299 e. The van der Waals surface area contributed by atoms with E-state index in [1.807, 2.05) is 0 Å². The largest absolute Gasteiger partial charge is 0.434 e. The van der Waals surface area contributed by atoms with E-state index >= 15 is 0 Å². The van der Waals surface area contributed by atoms with Crippen molar-refractivity contribution < 1.29 is 8.98 Å². The van der Waals surface area contributed by atoms with Crippen LogP contribution >= 0.6 is 0 Å². The third-order valence-electron chi connectivity index (χ3n) is 7.10. The molecule has 0 aliphatic carbocycles. The van der Waals surface area contributed by atoms with E-state index in [4.69, 9.17) is 4.42 Å². The second kappa shape index (κ2) is 7.80. The van der Waals surface area contributed by atoms with Crippen LogP contribution in [0, 0.1) is 6.92 Å². The van der Waals surface area contributed by atoms with Gasteiger partial charge in [-0.3, -0.25) is 0 Å². The van der Waals surface area contributed by atoms with Gasteiger partial charge in [-0.05, 0) is 42.5 Å². The summed E-state index contributed by atoms with van der Waals surface area (Å²) in [7, 11) is 2.15. The lowest BCUT2D eigenvalue weighted by molar-refractivity contribution is -0.633. The summed E-state index contributed by atoms with van der Waals surface area (Å²) < 4.78 is 12.9. The van der Waals surface area contributed by atoms with Gasteiger partial charge in [0.1, 0.15) is 23.0 Å². The van der Waals surface area contributed by atoms with Crippen LogP contribution in [0.1, 0.15) is 56.2 Å². The van der Waals surface area contributed by atoms with Crippen molar-refractivity contribution in [3.05, 3.63) is 77.5 Å². The van der Waals surface area contributed by atoms with E-state index in [2.05, 4.69) is 116 Å². The van der Waals surface area contributed by atoms with Gasteiger partial charge in [-0.2, -0.15) is 9.08 Å². The maximum atomic E-state index is 6.37. The van der Waals surface area contributed by atoms with Crippen LogP contribution < -0.4 is 4.57 Å². The number of nitrogens with zero attached hydrogens (tertiary/aromatic N) is 5. The lowest BCUT2D eigenvalue weighted by atomic mass is 9.92.